The molecule has 1 saturated heterocycles. The lowest BCUT2D eigenvalue weighted by atomic mass is 10.1. The minimum Gasteiger partial charge on any atom is -0.352 e. The van der Waals surface area contributed by atoms with Crippen molar-refractivity contribution in [2.45, 2.75) is 19.1 Å². The summed E-state index contributed by atoms with van der Waals surface area (Å²) in [5.74, 6) is -1.94. The van der Waals surface area contributed by atoms with E-state index in [0.29, 0.717) is 5.56 Å². The van der Waals surface area contributed by atoms with Gasteiger partial charge in [-0.15, -0.1) is 0 Å². The third-order valence-corrected chi connectivity index (χ3v) is 4.39. The number of alkyl halides is 3. The number of amides is 2. The first-order valence-corrected chi connectivity index (χ1v) is 8.24. The van der Waals surface area contributed by atoms with Crippen LogP contribution in [-0.2, 0) is 22.3 Å². The average molecular weight is 380 g/mol. The molecule has 8 heteroatoms. The van der Waals surface area contributed by atoms with Gasteiger partial charge in [0.05, 0.1) is 17.2 Å². The van der Waals surface area contributed by atoms with Crippen LogP contribution in [0.2, 0.25) is 0 Å². The maximum absolute atomic E-state index is 13.9. The van der Waals surface area contributed by atoms with Gasteiger partial charge in [0.15, 0.2) is 0 Å². The normalized spacial score (nSPS) is 17.3. The molecule has 0 radical (unpaired) electrons. The predicted molar refractivity (Wildman–Crippen MR) is 90.2 cm³/mol. The van der Waals surface area contributed by atoms with E-state index in [0.717, 1.165) is 12.1 Å². The number of carbonyl (C=O) groups is 2. The standard InChI is InChI=1S/C19H16F4N2O2/c20-15-3-1-2-4-16(15)25-11-13(9-17(25)26)18(27)24-10-12-5-7-14(8-6-12)19(21,22)23/h1-8,13H,9-11H2,(H,24,27)/t13-/m0/s1. The molecule has 1 atom stereocenters. The minimum absolute atomic E-state index is 0.0430. The largest absolute Gasteiger partial charge is 0.416 e. The molecule has 1 aliphatic heterocycles. The molecule has 2 aromatic rings. The number of hydrogen-bond acceptors (Lipinski definition) is 2. The highest BCUT2D eigenvalue weighted by Gasteiger charge is 2.36. The van der Waals surface area contributed by atoms with Crippen molar-refractivity contribution in [1.82, 2.24) is 5.32 Å². The van der Waals surface area contributed by atoms with E-state index in [2.05, 4.69) is 5.32 Å². The Morgan fingerprint density at radius 1 is 1.11 bits per heavy atom. The number of hydrogen-bond donors (Lipinski definition) is 1. The zero-order valence-electron chi connectivity index (χ0n) is 14.1. The highest BCUT2D eigenvalue weighted by atomic mass is 19.4. The Kier molecular flexibility index (Phi) is 5.16. The van der Waals surface area contributed by atoms with Crippen LogP contribution in [0, 0.1) is 11.7 Å². The summed E-state index contributed by atoms with van der Waals surface area (Å²) >= 11 is 0. The van der Waals surface area contributed by atoms with Gasteiger partial charge in [0, 0.05) is 19.5 Å². The van der Waals surface area contributed by atoms with E-state index < -0.39 is 29.4 Å². The van der Waals surface area contributed by atoms with E-state index in [1.807, 2.05) is 0 Å². The van der Waals surface area contributed by atoms with Crippen molar-refractivity contribution in [3.8, 4) is 0 Å². The molecule has 1 fully saturated rings. The van der Waals surface area contributed by atoms with Crippen molar-refractivity contribution in [2.24, 2.45) is 5.92 Å². The van der Waals surface area contributed by atoms with Crippen LogP contribution < -0.4 is 10.2 Å². The molecule has 27 heavy (non-hydrogen) atoms. The summed E-state index contributed by atoms with van der Waals surface area (Å²) in [5, 5.41) is 2.61. The second kappa shape index (κ2) is 7.38. The predicted octanol–water partition coefficient (Wildman–Crippen LogP) is 3.51. The number of anilines is 1. The Bertz CT molecular complexity index is 850. The Morgan fingerprint density at radius 2 is 1.78 bits per heavy atom. The molecule has 2 amide bonds. The van der Waals surface area contributed by atoms with Crippen LogP contribution in [0.1, 0.15) is 17.5 Å². The first-order chi connectivity index (χ1) is 12.8. The molecule has 0 spiro atoms. The smallest absolute Gasteiger partial charge is 0.352 e. The summed E-state index contributed by atoms with van der Waals surface area (Å²) in [6.07, 6.45) is -4.46. The van der Waals surface area contributed by atoms with E-state index in [1.165, 1.54) is 35.2 Å². The van der Waals surface area contributed by atoms with Gasteiger partial charge in [0.2, 0.25) is 11.8 Å². The highest BCUT2D eigenvalue weighted by Crippen LogP contribution is 2.29. The molecule has 0 bridgehead atoms. The first kappa shape index (κ1) is 18.9. The molecule has 0 unspecified atom stereocenters. The molecule has 4 nitrogen and oxygen atoms in total. The molecule has 3 rings (SSSR count). The van der Waals surface area contributed by atoms with Gasteiger partial charge < -0.3 is 10.2 Å². The van der Waals surface area contributed by atoms with E-state index >= 15 is 0 Å². The lowest BCUT2D eigenvalue weighted by Gasteiger charge is -2.17. The summed E-state index contributed by atoms with van der Waals surface area (Å²) in [4.78, 5) is 25.6. The van der Waals surface area contributed by atoms with E-state index in [9.17, 15) is 27.2 Å². The van der Waals surface area contributed by atoms with Gasteiger partial charge >= 0.3 is 6.18 Å². The number of nitrogens with zero attached hydrogens (tertiary/aromatic N) is 1. The van der Waals surface area contributed by atoms with Crippen molar-refractivity contribution in [1.29, 1.82) is 0 Å². The van der Waals surface area contributed by atoms with Crippen LogP contribution in [0.5, 0.6) is 0 Å². The average Bonchev–Trinajstić information content (AvgIpc) is 3.01. The van der Waals surface area contributed by atoms with Crippen molar-refractivity contribution in [3.05, 3.63) is 65.5 Å². The quantitative estimate of drug-likeness (QED) is 0.826. The highest BCUT2D eigenvalue weighted by molar-refractivity contribution is 6.00. The summed E-state index contributed by atoms with van der Waals surface area (Å²) in [6, 6.07) is 10.3. The molecule has 0 aromatic heterocycles. The van der Waals surface area contributed by atoms with Gasteiger partial charge in [0.1, 0.15) is 5.82 Å². The fourth-order valence-corrected chi connectivity index (χ4v) is 2.93. The third kappa shape index (κ3) is 4.27. The maximum Gasteiger partial charge on any atom is 0.416 e. The number of benzene rings is 2. The monoisotopic (exact) mass is 380 g/mol. The second-order valence-electron chi connectivity index (χ2n) is 6.27. The summed E-state index contributed by atoms with van der Waals surface area (Å²) in [7, 11) is 0. The molecule has 0 saturated carbocycles. The molecule has 0 aliphatic carbocycles. The second-order valence-corrected chi connectivity index (χ2v) is 6.27. The van der Waals surface area contributed by atoms with Crippen LogP contribution in [-0.4, -0.2) is 18.4 Å². The Morgan fingerprint density at radius 3 is 2.41 bits per heavy atom. The molecular formula is C19H16F4N2O2. The Hall–Kier alpha value is -2.90. The van der Waals surface area contributed by atoms with Crippen LogP contribution in [0.4, 0.5) is 23.2 Å². The zero-order valence-corrected chi connectivity index (χ0v) is 14.1. The van der Waals surface area contributed by atoms with Crippen molar-refractivity contribution < 1.29 is 27.2 Å². The molecule has 142 valence electrons. The lowest BCUT2D eigenvalue weighted by Crippen LogP contribution is -2.32. The molecule has 1 aliphatic rings. The van der Waals surface area contributed by atoms with Gasteiger partial charge in [0.25, 0.3) is 0 Å². The van der Waals surface area contributed by atoms with Crippen LogP contribution >= 0.6 is 0 Å². The fourth-order valence-electron chi connectivity index (χ4n) is 2.93. The van der Waals surface area contributed by atoms with Gasteiger partial charge in [-0.2, -0.15) is 13.2 Å². The van der Waals surface area contributed by atoms with Crippen molar-refractivity contribution in [3.63, 3.8) is 0 Å². The Labute approximate surface area is 152 Å². The van der Waals surface area contributed by atoms with E-state index in [1.54, 1.807) is 6.07 Å². The van der Waals surface area contributed by atoms with E-state index in [-0.39, 0.29) is 31.1 Å². The van der Waals surface area contributed by atoms with Gasteiger partial charge in [-0.1, -0.05) is 24.3 Å². The molecular weight excluding hydrogens is 364 g/mol. The van der Waals surface area contributed by atoms with Crippen LogP contribution in [0.25, 0.3) is 0 Å². The summed E-state index contributed by atoms with van der Waals surface area (Å²) < 4.78 is 51.5. The lowest BCUT2D eigenvalue weighted by molar-refractivity contribution is -0.137. The number of halogens is 4. The molecule has 1 heterocycles. The van der Waals surface area contributed by atoms with Gasteiger partial charge in [-0.25, -0.2) is 4.39 Å². The number of rotatable bonds is 4. The van der Waals surface area contributed by atoms with Gasteiger partial charge in [-0.3, -0.25) is 9.59 Å². The summed E-state index contributed by atoms with van der Waals surface area (Å²) in [5.41, 5.74) is -0.133. The van der Waals surface area contributed by atoms with Crippen LogP contribution in [0.3, 0.4) is 0 Å². The van der Waals surface area contributed by atoms with Crippen LogP contribution in [0.15, 0.2) is 48.5 Å². The molecule has 2 aromatic carbocycles. The summed E-state index contributed by atoms with van der Waals surface area (Å²) in [6.45, 7) is 0.0972. The fraction of sp³-hybridized carbons (Fsp3) is 0.263. The minimum atomic E-state index is -4.41. The van der Waals surface area contributed by atoms with Crippen molar-refractivity contribution in [2.75, 3.05) is 11.4 Å². The van der Waals surface area contributed by atoms with Crippen molar-refractivity contribution >= 4 is 17.5 Å². The first-order valence-electron chi connectivity index (χ1n) is 8.24. The zero-order chi connectivity index (χ0) is 19.6. The third-order valence-electron chi connectivity index (χ3n) is 4.39. The SMILES string of the molecule is O=C(NCc1ccc(C(F)(F)F)cc1)[C@H]1CC(=O)N(c2ccccc2F)C1. The topological polar surface area (TPSA) is 49.4 Å². The number of carbonyl (C=O) groups excluding carboxylic acids is 2. The molecule has 1 N–H and O–H groups in total. The van der Waals surface area contributed by atoms with Gasteiger partial charge in [-0.05, 0) is 29.8 Å². The van der Waals surface area contributed by atoms with E-state index in [4.69, 9.17) is 0 Å². The Balaban J connectivity index is 1.59. The number of para-hydroxylation sites is 1. The maximum atomic E-state index is 13.9. The number of nitrogens with one attached hydrogen (secondary N) is 1.